The van der Waals surface area contributed by atoms with E-state index in [-0.39, 0.29) is 16.7 Å². The normalized spacial score (nSPS) is 11.2. The summed E-state index contributed by atoms with van der Waals surface area (Å²) in [5.41, 5.74) is 0. The van der Waals surface area contributed by atoms with E-state index in [4.69, 9.17) is 0 Å². The molecule has 35 heavy (non-hydrogen) atoms. The lowest BCUT2D eigenvalue weighted by Gasteiger charge is -2.10. The Morgan fingerprint density at radius 3 is 1.23 bits per heavy atom. The van der Waals surface area contributed by atoms with Crippen LogP contribution in [-0.2, 0) is 21.0 Å². The number of halogens is 6. The molecular weight excluding hydrogens is 514 g/mol. The Hall–Kier alpha value is -3.28. The number of benzene rings is 4. The van der Waals surface area contributed by atoms with Crippen LogP contribution in [0.1, 0.15) is 0 Å². The van der Waals surface area contributed by atoms with Gasteiger partial charge in [-0.3, -0.25) is 0 Å². The molecule has 0 fully saturated rings. The Morgan fingerprint density at radius 2 is 0.857 bits per heavy atom. The quantitative estimate of drug-likeness (QED) is 0.104. The standard InChI is InChI=1S/C18H14FS.C6HF5O3S/c19-15-11-13-18(14-12-15)20(16-7-3-1-4-8-16)17-9-5-2-6-10-17;7-1-2(8)4(10)6(15(12,13)14)5(11)3(1)9/h1-14H;(H,12,13,14)/q+1;/p-1. The van der Waals surface area contributed by atoms with Crippen molar-refractivity contribution in [3.63, 3.8) is 0 Å². The summed E-state index contributed by atoms with van der Waals surface area (Å²) in [5.74, 6) is -13.0. The molecule has 4 rings (SSSR count). The summed E-state index contributed by atoms with van der Waals surface area (Å²) in [5, 5.41) is 0. The van der Waals surface area contributed by atoms with Gasteiger partial charge >= 0.3 is 0 Å². The van der Waals surface area contributed by atoms with Crippen LogP contribution in [0.3, 0.4) is 0 Å². The average Bonchev–Trinajstić information content (AvgIpc) is 2.84. The minimum absolute atomic E-state index is 0.190. The molecule has 0 unspecified atom stereocenters. The second kappa shape index (κ2) is 11.0. The molecule has 0 heterocycles. The van der Waals surface area contributed by atoms with Crippen molar-refractivity contribution >= 4 is 21.0 Å². The maximum Gasteiger partial charge on any atom is 0.200 e. The van der Waals surface area contributed by atoms with Gasteiger partial charge in [0.15, 0.2) is 38.0 Å². The zero-order valence-corrected chi connectivity index (χ0v) is 19.0. The van der Waals surface area contributed by atoms with Crippen molar-refractivity contribution in [3.05, 3.63) is 120 Å². The molecule has 4 aromatic carbocycles. The lowest BCUT2D eigenvalue weighted by Crippen LogP contribution is -2.12. The lowest BCUT2D eigenvalue weighted by atomic mass is 10.3. The molecule has 3 nitrogen and oxygen atoms in total. The van der Waals surface area contributed by atoms with Crippen molar-refractivity contribution in [1.29, 1.82) is 0 Å². The second-order valence-corrected chi connectivity index (χ2v) is 10.1. The monoisotopic (exact) mass is 528 g/mol. The Bertz CT molecular complexity index is 1350. The first-order valence-electron chi connectivity index (χ1n) is 9.59. The molecule has 0 aliphatic carbocycles. The van der Waals surface area contributed by atoms with Gasteiger partial charge in [-0.25, -0.2) is 34.8 Å². The van der Waals surface area contributed by atoms with Crippen LogP contribution in [-0.4, -0.2) is 13.0 Å². The molecule has 0 saturated carbocycles. The predicted molar refractivity (Wildman–Crippen MR) is 116 cm³/mol. The van der Waals surface area contributed by atoms with E-state index in [1.165, 1.54) is 21.9 Å². The van der Waals surface area contributed by atoms with Crippen LogP contribution in [0.25, 0.3) is 0 Å². The van der Waals surface area contributed by atoms with Crippen LogP contribution >= 0.6 is 0 Å². The Kier molecular flexibility index (Phi) is 8.26. The molecule has 182 valence electrons. The van der Waals surface area contributed by atoms with Crippen molar-refractivity contribution in [2.24, 2.45) is 0 Å². The van der Waals surface area contributed by atoms with E-state index >= 15 is 0 Å². The summed E-state index contributed by atoms with van der Waals surface area (Å²) in [4.78, 5) is 1.23. The van der Waals surface area contributed by atoms with Crippen molar-refractivity contribution in [3.8, 4) is 0 Å². The van der Waals surface area contributed by atoms with Crippen LogP contribution in [0.4, 0.5) is 26.3 Å². The highest BCUT2D eigenvalue weighted by atomic mass is 32.2. The molecule has 0 spiro atoms. The predicted octanol–water partition coefficient (Wildman–Crippen LogP) is 6.21. The molecule has 0 bridgehead atoms. The molecule has 0 N–H and O–H groups in total. The van der Waals surface area contributed by atoms with Gasteiger partial charge < -0.3 is 4.55 Å². The maximum absolute atomic E-state index is 13.2. The van der Waals surface area contributed by atoms with E-state index in [0.29, 0.717) is 0 Å². The molecule has 0 amide bonds. The van der Waals surface area contributed by atoms with E-state index in [2.05, 4.69) is 24.3 Å². The first-order valence-corrected chi connectivity index (χ1v) is 12.2. The second-order valence-electron chi connectivity index (χ2n) is 6.74. The topological polar surface area (TPSA) is 57.2 Å². The van der Waals surface area contributed by atoms with E-state index in [0.717, 1.165) is 4.90 Å². The van der Waals surface area contributed by atoms with Gasteiger partial charge in [0, 0.05) is 0 Å². The highest BCUT2D eigenvalue weighted by Crippen LogP contribution is 2.31. The molecule has 0 saturated heterocycles. The fraction of sp³-hybridized carbons (Fsp3) is 0. The van der Waals surface area contributed by atoms with Gasteiger partial charge in [0.2, 0.25) is 5.82 Å². The van der Waals surface area contributed by atoms with Gasteiger partial charge in [0.1, 0.15) is 20.8 Å². The molecule has 0 aliphatic rings. The van der Waals surface area contributed by atoms with Crippen LogP contribution in [0.15, 0.2) is 105 Å². The molecule has 4 aromatic rings. The largest absolute Gasteiger partial charge is 0.744 e. The van der Waals surface area contributed by atoms with Crippen molar-refractivity contribution in [2.45, 2.75) is 19.6 Å². The van der Waals surface area contributed by atoms with Gasteiger partial charge in [-0.15, -0.1) is 0 Å². The van der Waals surface area contributed by atoms with Crippen LogP contribution < -0.4 is 0 Å². The third-order valence-corrected chi connectivity index (χ3v) is 7.52. The first-order chi connectivity index (χ1) is 16.5. The molecule has 0 aromatic heterocycles. The van der Waals surface area contributed by atoms with E-state index in [9.17, 15) is 39.3 Å². The number of hydrogen-bond acceptors (Lipinski definition) is 3. The lowest BCUT2D eigenvalue weighted by molar-refractivity contribution is 0.350. The minimum atomic E-state index is -5.77. The Morgan fingerprint density at radius 1 is 0.514 bits per heavy atom. The third kappa shape index (κ3) is 6.05. The van der Waals surface area contributed by atoms with Gasteiger partial charge in [0.25, 0.3) is 0 Å². The number of hydrogen-bond donors (Lipinski definition) is 0. The van der Waals surface area contributed by atoms with Crippen LogP contribution in [0.5, 0.6) is 0 Å². The van der Waals surface area contributed by atoms with Crippen molar-refractivity contribution in [1.82, 2.24) is 0 Å². The zero-order chi connectivity index (χ0) is 25.8. The Balaban J connectivity index is 0.000000205. The van der Waals surface area contributed by atoms with Gasteiger partial charge in [0.05, 0.1) is 10.9 Å². The fourth-order valence-electron chi connectivity index (χ4n) is 2.90. The summed E-state index contributed by atoms with van der Waals surface area (Å²) in [6.07, 6.45) is 0. The summed E-state index contributed by atoms with van der Waals surface area (Å²) in [6.45, 7) is 0. The highest BCUT2D eigenvalue weighted by Gasteiger charge is 2.29. The van der Waals surface area contributed by atoms with Gasteiger partial charge in [-0.05, 0) is 48.5 Å². The zero-order valence-electron chi connectivity index (χ0n) is 17.4. The first kappa shape index (κ1) is 26.3. The SMILES string of the molecule is Fc1ccc([S+](c2ccccc2)c2ccccc2)cc1.O=S(=O)([O-])c1c(F)c(F)c(F)c(F)c1F. The van der Waals surface area contributed by atoms with Crippen molar-refractivity contribution in [2.75, 3.05) is 0 Å². The molecule has 11 heteroatoms. The Labute approximate surface area is 199 Å². The molecule has 0 atom stereocenters. The van der Waals surface area contributed by atoms with Gasteiger partial charge in [-0.1, -0.05) is 36.4 Å². The third-order valence-electron chi connectivity index (χ3n) is 4.43. The summed E-state index contributed by atoms with van der Waals surface area (Å²) < 4.78 is 106. The highest BCUT2D eigenvalue weighted by molar-refractivity contribution is 7.97. The molecule has 0 radical (unpaired) electrons. The number of rotatable bonds is 4. The molecule has 0 aliphatic heterocycles. The fourth-order valence-corrected chi connectivity index (χ4v) is 5.60. The van der Waals surface area contributed by atoms with E-state index < -0.39 is 44.1 Å². The minimum Gasteiger partial charge on any atom is -0.744 e. The van der Waals surface area contributed by atoms with E-state index in [1.807, 2.05) is 48.5 Å². The maximum atomic E-state index is 13.2. The van der Waals surface area contributed by atoms with Gasteiger partial charge in [-0.2, -0.15) is 0 Å². The summed E-state index contributed by atoms with van der Waals surface area (Å²) >= 11 is 0. The van der Waals surface area contributed by atoms with Crippen LogP contribution in [0.2, 0.25) is 0 Å². The van der Waals surface area contributed by atoms with Crippen molar-refractivity contribution < 1.29 is 39.3 Å². The average molecular weight is 528 g/mol. The summed E-state index contributed by atoms with van der Waals surface area (Å²) in [7, 11) is -5.96. The summed E-state index contributed by atoms with van der Waals surface area (Å²) in [6, 6.07) is 27.5. The molecular formula is C24H14F6O3S2. The van der Waals surface area contributed by atoms with E-state index in [1.54, 1.807) is 0 Å². The smallest absolute Gasteiger partial charge is 0.200 e. The van der Waals surface area contributed by atoms with Crippen LogP contribution in [0, 0.1) is 34.9 Å².